The molecule has 2 aromatic heterocycles. The van der Waals surface area contributed by atoms with Gasteiger partial charge in [-0.2, -0.15) is 10.1 Å². The third kappa shape index (κ3) is 7.11. The normalized spacial score (nSPS) is 18.8. The lowest BCUT2D eigenvalue weighted by molar-refractivity contribution is -0.140. The summed E-state index contributed by atoms with van der Waals surface area (Å²) in [4.78, 5) is 35.3. The maximum atomic E-state index is 15.2. The lowest BCUT2D eigenvalue weighted by Crippen LogP contribution is -2.55. The predicted molar refractivity (Wildman–Crippen MR) is 176 cm³/mol. The van der Waals surface area contributed by atoms with Gasteiger partial charge >= 0.3 is 6.09 Å². The summed E-state index contributed by atoms with van der Waals surface area (Å²) in [5, 5.41) is 15.8. The molecule has 0 bridgehead atoms. The smallest absolute Gasteiger partial charge is 0.410 e. The highest BCUT2D eigenvalue weighted by Crippen LogP contribution is 2.36. The van der Waals surface area contributed by atoms with Crippen molar-refractivity contribution in [2.75, 3.05) is 44.2 Å². The van der Waals surface area contributed by atoms with E-state index in [0.717, 1.165) is 22.2 Å². The van der Waals surface area contributed by atoms with Gasteiger partial charge in [-0.25, -0.2) is 9.18 Å². The number of nitrogens with zero attached hydrogens (tertiary/aromatic N) is 6. The fraction of sp³-hybridized carbons (Fsp3) is 0.429. The van der Waals surface area contributed by atoms with E-state index in [2.05, 4.69) is 16.0 Å². The topological polar surface area (TPSA) is 113 Å². The highest BCUT2D eigenvalue weighted by molar-refractivity contribution is 5.96. The molecule has 47 heavy (non-hydrogen) atoms. The molecule has 1 N–H and O–H groups in total. The number of alkyl halides is 1. The van der Waals surface area contributed by atoms with Gasteiger partial charge in [-0.1, -0.05) is 30.3 Å². The van der Waals surface area contributed by atoms with E-state index in [9.17, 15) is 14.7 Å². The van der Waals surface area contributed by atoms with Gasteiger partial charge in [0.25, 0.3) is 0 Å². The minimum Gasteiger partial charge on any atom is -0.493 e. The van der Waals surface area contributed by atoms with Crippen molar-refractivity contribution >= 4 is 28.6 Å². The number of likely N-dealkylation sites (tertiary alicyclic amines) is 1. The Hall–Kier alpha value is -4.87. The maximum absolute atomic E-state index is 15.2. The summed E-state index contributed by atoms with van der Waals surface area (Å²) >= 11 is 0. The lowest BCUT2D eigenvalue weighted by atomic mass is 9.93. The number of fused-ring (bicyclic) bond motifs is 1. The average Bonchev–Trinajstić information content (AvgIpc) is 3.38. The van der Waals surface area contributed by atoms with E-state index < -0.39 is 23.8 Å². The molecular formula is C35H41FN6O5. The van der Waals surface area contributed by atoms with E-state index in [-0.39, 0.29) is 24.8 Å². The number of hydrogen-bond acceptors (Lipinski definition) is 8. The minimum absolute atomic E-state index is 0.134. The monoisotopic (exact) mass is 644 g/mol. The van der Waals surface area contributed by atoms with E-state index in [1.54, 1.807) is 31.7 Å². The molecule has 11 nitrogen and oxygen atoms in total. The Labute approximate surface area is 273 Å². The van der Waals surface area contributed by atoms with Crippen LogP contribution in [0.3, 0.4) is 0 Å². The standard InChI is InChI=1S/C35H41FN6O5/c1-35(2,3)47-34(45)42-15-14-25(28(36)21-42)33(44)41-18-16-40(17-19-41)24-10-11-26-29(20-24)39(4)38-31(26)27-12-13-30(43)37-32(27)46-22-23-8-6-5-7-9-23/h5-13,20,25,28H,14-19,21-22H2,1-4H3,(H,37,43)/t25-,28-/m1/s1. The van der Waals surface area contributed by atoms with Crippen molar-refractivity contribution in [3.05, 3.63) is 66.2 Å². The van der Waals surface area contributed by atoms with Crippen molar-refractivity contribution in [3.63, 3.8) is 0 Å². The van der Waals surface area contributed by atoms with E-state index in [4.69, 9.17) is 14.6 Å². The van der Waals surface area contributed by atoms with Crippen LogP contribution in [0.25, 0.3) is 22.2 Å². The molecule has 2 aromatic carbocycles. The van der Waals surface area contributed by atoms with Crippen LogP contribution in [-0.4, -0.2) is 92.7 Å². The molecule has 0 aliphatic carbocycles. The summed E-state index contributed by atoms with van der Waals surface area (Å²) in [6, 6.07) is 19.2. The molecule has 2 fully saturated rings. The largest absolute Gasteiger partial charge is 0.493 e. The molecule has 0 saturated carbocycles. The fourth-order valence-electron chi connectivity index (χ4n) is 6.18. The van der Waals surface area contributed by atoms with Gasteiger partial charge in [0.15, 0.2) is 0 Å². The van der Waals surface area contributed by atoms with Gasteiger partial charge in [-0.05, 0) is 57.0 Å². The van der Waals surface area contributed by atoms with Crippen molar-refractivity contribution < 1.29 is 28.6 Å². The van der Waals surface area contributed by atoms with Gasteiger partial charge in [0.05, 0.1) is 23.5 Å². The molecule has 6 rings (SSSR count). The Morgan fingerprint density at radius 3 is 2.43 bits per heavy atom. The quantitative estimate of drug-likeness (QED) is 0.306. The number of carbonyl (C=O) groups is 2. The first kappa shape index (κ1) is 32.1. The average molecular weight is 645 g/mol. The van der Waals surface area contributed by atoms with Crippen molar-refractivity contribution in [1.29, 1.82) is 0 Å². The van der Waals surface area contributed by atoms with Crippen LogP contribution in [0.4, 0.5) is 14.9 Å². The van der Waals surface area contributed by atoms with E-state index >= 15 is 4.39 Å². The second-order valence-electron chi connectivity index (χ2n) is 13.1. The fourth-order valence-corrected chi connectivity index (χ4v) is 6.18. The zero-order valence-corrected chi connectivity index (χ0v) is 27.2. The Bertz CT molecular complexity index is 1750. The zero-order valence-electron chi connectivity index (χ0n) is 27.2. The van der Waals surface area contributed by atoms with Crippen LogP contribution in [0.2, 0.25) is 0 Å². The number of pyridine rings is 1. The third-order valence-corrected chi connectivity index (χ3v) is 8.62. The van der Waals surface area contributed by atoms with Crippen LogP contribution >= 0.6 is 0 Å². The Kier molecular flexibility index (Phi) is 8.94. The summed E-state index contributed by atoms with van der Waals surface area (Å²) in [6.45, 7) is 7.94. The summed E-state index contributed by atoms with van der Waals surface area (Å²) in [6.07, 6.45) is -1.71. The molecule has 2 aliphatic heterocycles. The lowest BCUT2D eigenvalue weighted by Gasteiger charge is -2.40. The first-order chi connectivity index (χ1) is 22.5. The van der Waals surface area contributed by atoms with Crippen molar-refractivity contribution in [3.8, 4) is 23.0 Å². The molecule has 2 atom stereocenters. The van der Waals surface area contributed by atoms with Crippen LogP contribution in [0.15, 0.2) is 60.7 Å². The Morgan fingerprint density at radius 1 is 0.979 bits per heavy atom. The van der Waals surface area contributed by atoms with Crippen LogP contribution in [-0.2, 0) is 23.2 Å². The van der Waals surface area contributed by atoms with E-state index in [1.807, 2.05) is 54.2 Å². The van der Waals surface area contributed by atoms with Crippen LogP contribution in [0.1, 0.15) is 32.8 Å². The summed E-state index contributed by atoms with van der Waals surface area (Å²) < 4.78 is 28.4. The first-order valence-electron chi connectivity index (χ1n) is 16.0. The second-order valence-corrected chi connectivity index (χ2v) is 13.1. The van der Waals surface area contributed by atoms with Gasteiger partial charge in [0.2, 0.25) is 17.7 Å². The zero-order chi connectivity index (χ0) is 33.3. The first-order valence-corrected chi connectivity index (χ1v) is 16.0. The number of benzene rings is 2. The molecule has 2 aliphatic rings. The summed E-state index contributed by atoms with van der Waals surface area (Å²) in [5.74, 6) is -0.795. The molecule has 2 amide bonds. The van der Waals surface area contributed by atoms with Crippen molar-refractivity contribution in [2.24, 2.45) is 13.0 Å². The number of carbonyl (C=O) groups excluding carboxylic acids is 2. The predicted octanol–water partition coefficient (Wildman–Crippen LogP) is 5.16. The molecule has 0 radical (unpaired) electrons. The van der Waals surface area contributed by atoms with E-state index in [1.165, 1.54) is 11.0 Å². The molecule has 2 saturated heterocycles. The number of anilines is 1. The second kappa shape index (κ2) is 13.1. The number of ether oxygens (including phenoxy) is 2. The number of rotatable bonds is 6. The number of amides is 2. The van der Waals surface area contributed by atoms with Gasteiger partial charge in [0, 0.05) is 56.9 Å². The van der Waals surface area contributed by atoms with Gasteiger partial charge in [-0.15, -0.1) is 0 Å². The van der Waals surface area contributed by atoms with Crippen LogP contribution in [0, 0.1) is 5.92 Å². The third-order valence-electron chi connectivity index (χ3n) is 8.62. The van der Waals surface area contributed by atoms with Crippen molar-refractivity contribution in [2.45, 2.75) is 45.6 Å². The van der Waals surface area contributed by atoms with Crippen LogP contribution in [0.5, 0.6) is 11.8 Å². The van der Waals surface area contributed by atoms with Gasteiger partial charge in [0.1, 0.15) is 24.1 Å². The molecule has 248 valence electrons. The Balaban J connectivity index is 1.11. The molecule has 4 aromatic rings. The number of hydrogen-bond donors (Lipinski definition) is 1. The summed E-state index contributed by atoms with van der Waals surface area (Å²) in [5.41, 5.74) is 3.59. The molecular weight excluding hydrogens is 603 g/mol. The molecule has 4 heterocycles. The molecule has 0 spiro atoms. The minimum atomic E-state index is -1.43. The highest BCUT2D eigenvalue weighted by atomic mass is 19.1. The number of piperidine rings is 1. The molecule has 12 heteroatoms. The molecule has 0 unspecified atom stereocenters. The highest BCUT2D eigenvalue weighted by Gasteiger charge is 2.39. The SMILES string of the molecule is Cn1nc(-c2ccc(O)nc2OCc2ccccc2)c2ccc(N3CCN(C(=O)[C@@H]4CCN(C(=O)OC(C)(C)C)C[C@H]4F)CC3)cc21. The van der Waals surface area contributed by atoms with Crippen molar-refractivity contribution in [1.82, 2.24) is 24.6 Å². The summed E-state index contributed by atoms with van der Waals surface area (Å²) in [7, 11) is 1.88. The maximum Gasteiger partial charge on any atom is 0.410 e. The van der Waals surface area contributed by atoms with Crippen LogP contribution < -0.4 is 9.64 Å². The number of aromatic hydroxyl groups is 1. The van der Waals surface area contributed by atoms with E-state index in [0.29, 0.717) is 56.5 Å². The number of halogens is 1. The van der Waals surface area contributed by atoms with Gasteiger partial charge in [-0.3, -0.25) is 9.48 Å². The number of aryl methyl sites for hydroxylation is 1. The number of piperazine rings is 1. The van der Waals surface area contributed by atoms with Gasteiger partial charge < -0.3 is 29.3 Å². The number of aromatic nitrogens is 3. The Morgan fingerprint density at radius 2 is 1.72 bits per heavy atom.